The molecule has 6 nitrogen and oxygen atoms in total. The number of piperidine rings is 1. The Morgan fingerprint density at radius 3 is 2.39 bits per heavy atom. The van der Waals surface area contributed by atoms with E-state index in [1.807, 2.05) is 29.2 Å². The van der Waals surface area contributed by atoms with Gasteiger partial charge in [0.25, 0.3) is 5.91 Å². The molecular weight excluding hydrogens is 415 g/mol. The van der Waals surface area contributed by atoms with Gasteiger partial charge in [-0.1, -0.05) is 12.1 Å². The number of carbonyl (C=O) groups excluding carboxylic acids is 1. The Hall–Kier alpha value is -2.71. The second-order valence-electron chi connectivity index (χ2n) is 7.79. The van der Waals surface area contributed by atoms with Gasteiger partial charge in [-0.3, -0.25) is 4.79 Å². The van der Waals surface area contributed by atoms with Crippen LogP contribution < -0.4 is 15.5 Å². The van der Waals surface area contributed by atoms with Crippen LogP contribution in [0.1, 0.15) is 23.2 Å². The van der Waals surface area contributed by atoms with Crippen molar-refractivity contribution in [2.24, 2.45) is 0 Å². The number of thiocarbonyl (C=S) groups is 1. The van der Waals surface area contributed by atoms with Crippen LogP contribution in [-0.2, 0) is 4.74 Å². The van der Waals surface area contributed by atoms with Crippen LogP contribution in [-0.4, -0.2) is 61.4 Å². The number of nitrogens with zero attached hydrogens (tertiary/aromatic N) is 2. The van der Waals surface area contributed by atoms with Gasteiger partial charge in [0.15, 0.2) is 5.11 Å². The highest BCUT2D eigenvalue weighted by Gasteiger charge is 2.26. The number of para-hydroxylation sites is 1. The van der Waals surface area contributed by atoms with Crippen molar-refractivity contribution in [3.63, 3.8) is 0 Å². The van der Waals surface area contributed by atoms with Gasteiger partial charge in [0.2, 0.25) is 0 Å². The summed E-state index contributed by atoms with van der Waals surface area (Å²) in [5.41, 5.74) is 2.50. The number of ether oxygens (including phenoxy) is 1. The Balaban J connectivity index is 1.33. The Morgan fingerprint density at radius 1 is 1.00 bits per heavy atom. The molecule has 0 spiro atoms. The molecule has 0 unspecified atom stereocenters. The van der Waals surface area contributed by atoms with Gasteiger partial charge in [-0.15, -0.1) is 0 Å². The second-order valence-corrected chi connectivity index (χ2v) is 8.20. The van der Waals surface area contributed by atoms with Crippen molar-refractivity contribution in [2.75, 3.05) is 49.6 Å². The first-order valence-electron chi connectivity index (χ1n) is 10.6. The minimum atomic E-state index is -0.274. The summed E-state index contributed by atoms with van der Waals surface area (Å²) in [7, 11) is 0. The van der Waals surface area contributed by atoms with E-state index in [4.69, 9.17) is 17.0 Å². The number of hydrogen-bond donors (Lipinski definition) is 2. The molecule has 2 heterocycles. The summed E-state index contributed by atoms with van der Waals surface area (Å²) in [6.07, 6.45) is 1.82. The van der Waals surface area contributed by atoms with Crippen molar-refractivity contribution in [3.05, 3.63) is 59.9 Å². The number of carbonyl (C=O) groups is 1. The molecule has 8 heteroatoms. The van der Waals surface area contributed by atoms with E-state index in [1.54, 1.807) is 12.1 Å². The van der Waals surface area contributed by atoms with Crippen LogP contribution in [0.5, 0.6) is 0 Å². The number of amides is 1. The summed E-state index contributed by atoms with van der Waals surface area (Å²) in [6, 6.07) is 14.2. The molecule has 31 heavy (non-hydrogen) atoms. The molecule has 2 N–H and O–H groups in total. The Morgan fingerprint density at radius 2 is 1.68 bits per heavy atom. The topological polar surface area (TPSA) is 56.8 Å². The number of benzene rings is 2. The molecule has 0 saturated carbocycles. The van der Waals surface area contributed by atoms with Crippen LogP contribution in [0.2, 0.25) is 0 Å². The van der Waals surface area contributed by atoms with Gasteiger partial charge in [0.1, 0.15) is 5.82 Å². The van der Waals surface area contributed by atoms with Gasteiger partial charge in [-0.2, -0.15) is 0 Å². The standard InChI is InChI=1S/C23H27FN4O2S/c24-17-5-7-18(8-6-17)25-23(31)26-19-9-11-27(12-10-19)21-4-2-1-3-20(21)22(29)28-13-15-30-16-14-28/h1-8,19H,9-16H2,(H2,25,26,31). The Labute approximate surface area is 187 Å². The predicted molar refractivity (Wildman–Crippen MR) is 124 cm³/mol. The molecular formula is C23H27FN4O2S. The van der Waals surface area contributed by atoms with Crippen molar-refractivity contribution in [1.29, 1.82) is 0 Å². The molecule has 0 atom stereocenters. The summed E-state index contributed by atoms with van der Waals surface area (Å²) in [5.74, 6) is -0.201. The zero-order chi connectivity index (χ0) is 21.6. The van der Waals surface area contributed by atoms with Crippen LogP contribution in [0, 0.1) is 5.82 Å². The average molecular weight is 443 g/mol. The maximum atomic E-state index is 13.1. The molecule has 4 rings (SSSR count). The zero-order valence-electron chi connectivity index (χ0n) is 17.4. The fourth-order valence-corrected chi connectivity index (χ4v) is 4.30. The third-order valence-electron chi connectivity index (χ3n) is 5.71. The third kappa shape index (κ3) is 5.51. The van der Waals surface area contributed by atoms with E-state index in [9.17, 15) is 9.18 Å². The van der Waals surface area contributed by atoms with Crippen LogP contribution in [0.15, 0.2) is 48.5 Å². The number of morpholine rings is 1. The van der Waals surface area contributed by atoms with Crippen molar-refractivity contribution in [2.45, 2.75) is 18.9 Å². The lowest BCUT2D eigenvalue weighted by atomic mass is 10.0. The van der Waals surface area contributed by atoms with E-state index in [-0.39, 0.29) is 17.8 Å². The highest BCUT2D eigenvalue weighted by molar-refractivity contribution is 7.80. The Kier molecular flexibility index (Phi) is 6.99. The van der Waals surface area contributed by atoms with Crippen LogP contribution >= 0.6 is 12.2 Å². The summed E-state index contributed by atoms with van der Waals surface area (Å²) >= 11 is 5.41. The summed E-state index contributed by atoms with van der Waals surface area (Å²) in [4.78, 5) is 17.2. The largest absolute Gasteiger partial charge is 0.378 e. The first-order chi connectivity index (χ1) is 15.1. The van der Waals surface area contributed by atoms with Gasteiger partial charge in [0, 0.05) is 43.6 Å². The fraction of sp³-hybridized carbons (Fsp3) is 0.391. The summed E-state index contributed by atoms with van der Waals surface area (Å²) in [5, 5.41) is 6.99. The highest BCUT2D eigenvalue weighted by Crippen LogP contribution is 2.26. The SMILES string of the molecule is O=C(c1ccccc1N1CCC(NC(=S)Nc2ccc(F)cc2)CC1)N1CCOCC1. The molecule has 0 bridgehead atoms. The maximum absolute atomic E-state index is 13.1. The van der Waals surface area contributed by atoms with Gasteiger partial charge < -0.3 is 25.2 Å². The minimum Gasteiger partial charge on any atom is -0.378 e. The maximum Gasteiger partial charge on any atom is 0.256 e. The monoisotopic (exact) mass is 442 g/mol. The average Bonchev–Trinajstić information content (AvgIpc) is 2.81. The van der Waals surface area contributed by atoms with E-state index in [0.717, 1.165) is 42.9 Å². The minimum absolute atomic E-state index is 0.0730. The molecule has 2 fully saturated rings. The van der Waals surface area contributed by atoms with Crippen molar-refractivity contribution in [3.8, 4) is 0 Å². The molecule has 2 aliphatic rings. The Bertz CT molecular complexity index is 910. The number of halogens is 1. The molecule has 2 saturated heterocycles. The molecule has 2 aromatic carbocycles. The number of hydrogen-bond acceptors (Lipinski definition) is 4. The van der Waals surface area contributed by atoms with Crippen LogP contribution in [0.25, 0.3) is 0 Å². The lowest BCUT2D eigenvalue weighted by molar-refractivity contribution is 0.0303. The van der Waals surface area contributed by atoms with Crippen molar-refractivity contribution in [1.82, 2.24) is 10.2 Å². The molecule has 0 aliphatic carbocycles. The van der Waals surface area contributed by atoms with Gasteiger partial charge in [0.05, 0.1) is 18.8 Å². The van der Waals surface area contributed by atoms with E-state index in [0.29, 0.717) is 31.4 Å². The molecule has 1 amide bonds. The van der Waals surface area contributed by atoms with E-state index < -0.39 is 0 Å². The smallest absolute Gasteiger partial charge is 0.256 e. The molecule has 2 aliphatic heterocycles. The number of anilines is 2. The van der Waals surface area contributed by atoms with E-state index >= 15 is 0 Å². The molecule has 2 aromatic rings. The van der Waals surface area contributed by atoms with Crippen LogP contribution in [0.4, 0.5) is 15.8 Å². The third-order valence-corrected chi connectivity index (χ3v) is 5.93. The zero-order valence-corrected chi connectivity index (χ0v) is 18.2. The fourth-order valence-electron chi connectivity index (χ4n) is 4.02. The summed E-state index contributed by atoms with van der Waals surface area (Å²) < 4.78 is 18.4. The van der Waals surface area contributed by atoms with Gasteiger partial charge in [-0.25, -0.2) is 4.39 Å². The van der Waals surface area contributed by atoms with E-state index in [2.05, 4.69) is 15.5 Å². The summed E-state index contributed by atoms with van der Waals surface area (Å²) in [6.45, 7) is 4.14. The molecule has 0 radical (unpaired) electrons. The normalized spacial score (nSPS) is 17.3. The lowest BCUT2D eigenvalue weighted by Gasteiger charge is -2.36. The van der Waals surface area contributed by atoms with Gasteiger partial charge >= 0.3 is 0 Å². The highest BCUT2D eigenvalue weighted by atomic mass is 32.1. The molecule has 0 aromatic heterocycles. The number of rotatable bonds is 4. The van der Waals surface area contributed by atoms with E-state index in [1.165, 1.54) is 12.1 Å². The quantitative estimate of drug-likeness (QED) is 0.709. The van der Waals surface area contributed by atoms with Gasteiger partial charge in [-0.05, 0) is 61.5 Å². The van der Waals surface area contributed by atoms with Crippen LogP contribution in [0.3, 0.4) is 0 Å². The number of nitrogens with one attached hydrogen (secondary N) is 2. The first-order valence-corrected chi connectivity index (χ1v) is 11.0. The second kappa shape index (κ2) is 10.1. The predicted octanol–water partition coefficient (Wildman–Crippen LogP) is 3.25. The van der Waals surface area contributed by atoms with Crippen molar-refractivity contribution >= 4 is 34.6 Å². The van der Waals surface area contributed by atoms with Crippen molar-refractivity contribution < 1.29 is 13.9 Å². The molecule has 164 valence electrons. The first kappa shape index (κ1) is 21.5. The lowest BCUT2D eigenvalue weighted by Crippen LogP contribution is -2.46.